The van der Waals surface area contributed by atoms with E-state index in [9.17, 15) is 13.2 Å². The number of amides is 1. The van der Waals surface area contributed by atoms with Crippen molar-refractivity contribution in [3.05, 3.63) is 54.1 Å². The minimum absolute atomic E-state index is 0.00596. The maximum absolute atomic E-state index is 13.0. The Labute approximate surface area is 178 Å². The van der Waals surface area contributed by atoms with Crippen molar-refractivity contribution >= 4 is 21.6 Å². The number of nitrogens with zero attached hydrogens (tertiary/aromatic N) is 2. The highest BCUT2D eigenvalue weighted by molar-refractivity contribution is 7.89. The molecular formula is C22H29N3O4S. The Morgan fingerprint density at radius 3 is 2.40 bits per heavy atom. The predicted molar refractivity (Wildman–Crippen MR) is 117 cm³/mol. The molecule has 0 unspecified atom stereocenters. The van der Waals surface area contributed by atoms with E-state index in [4.69, 9.17) is 4.74 Å². The molecule has 8 heteroatoms. The summed E-state index contributed by atoms with van der Waals surface area (Å²) in [6, 6.07) is 13.7. The van der Waals surface area contributed by atoms with Crippen LogP contribution in [-0.4, -0.2) is 63.9 Å². The zero-order valence-corrected chi connectivity index (χ0v) is 18.5. The maximum atomic E-state index is 13.0. The molecular weight excluding hydrogens is 402 g/mol. The van der Waals surface area contributed by atoms with Crippen molar-refractivity contribution in [2.24, 2.45) is 0 Å². The van der Waals surface area contributed by atoms with Crippen molar-refractivity contribution in [1.29, 1.82) is 0 Å². The van der Waals surface area contributed by atoms with Crippen LogP contribution in [0.5, 0.6) is 5.75 Å². The smallest absolute Gasteiger partial charge is 0.243 e. The lowest BCUT2D eigenvalue weighted by Gasteiger charge is -2.34. The molecule has 0 radical (unpaired) electrons. The van der Waals surface area contributed by atoms with Gasteiger partial charge < -0.3 is 15.0 Å². The Bertz CT molecular complexity index is 968. The molecule has 2 aromatic rings. The molecule has 0 aromatic heterocycles. The lowest BCUT2D eigenvalue weighted by atomic mass is 10.1. The van der Waals surface area contributed by atoms with Crippen molar-refractivity contribution in [3.8, 4) is 5.75 Å². The lowest BCUT2D eigenvalue weighted by molar-refractivity contribution is -0.115. The molecule has 1 aliphatic heterocycles. The molecule has 0 aliphatic carbocycles. The first-order chi connectivity index (χ1) is 14.3. The van der Waals surface area contributed by atoms with Crippen LogP contribution in [0.4, 0.5) is 5.69 Å². The van der Waals surface area contributed by atoms with Gasteiger partial charge in [-0.1, -0.05) is 18.2 Å². The molecule has 7 nitrogen and oxygen atoms in total. The van der Waals surface area contributed by atoms with Crippen LogP contribution in [-0.2, 0) is 21.2 Å². The first-order valence-electron chi connectivity index (χ1n) is 9.99. The summed E-state index contributed by atoms with van der Waals surface area (Å²) in [5.41, 5.74) is 1.34. The summed E-state index contributed by atoms with van der Waals surface area (Å²) in [6.45, 7) is 1.78. The van der Waals surface area contributed by atoms with Gasteiger partial charge in [-0.05, 0) is 63.3 Å². The van der Waals surface area contributed by atoms with Crippen LogP contribution in [0, 0.1) is 0 Å². The average Bonchev–Trinajstić information content (AvgIpc) is 2.74. The summed E-state index contributed by atoms with van der Waals surface area (Å²) in [4.78, 5) is 14.8. The molecule has 1 saturated heterocycles. The summed E-state index contributed by atoms with van der Waals surface area (Å²) in [6.07, 6.45) is 1.82. The highest BCUT2D eigenvalue weighted by Gasteiger charge is 2.30. The van der Waals surface area contributed by atoms with E-state index in [-0.39, 0.29) is 23.3 Å². The second-order valence-corrected chi connectivity index (χ2v) is 9.61. The van der Waals surface area contributed by atoms with Gasteiger partial charge in [-0.2, -0.15) is 4.31 Å². The Balaban J connectivity index is 1.64. The fourth-order valence-electron chi connectivity index (χ4n) is 3.66. The van der Waals surface area contributed by atoms with E-state index in [0.29, 0.717) is 11.4 Å². The third kappa shape index (κ3) is 5.19. The molecule has 0 spiro atoms. The molecule has 1 fully saturated rings. The summed E-state index contributed by atoms with van der Waals surface area (Å²) >= 11 is 0. The minimum atomic E-state index is -3.57. The zero-order valence-electron chi connectivity index (χ0n) is 17.7. The minimum Gasteiger partial charge on any atom is -0.496 e. The Hall–Kier alpha value is -2.42. The van der Waals surface area contributed by atoms with Crippen molar-refractivity contribution in [2.45, 2.75) is 30.2 Å². The number of hydrogen-bond donors (Lipinski definition) is 1. The van der Waals surface area contributed by atoms with Crippen LogP contribution in [0.1, 0.15) is 18.4 Å². The van der Waals surface area contributed by atoms with E-state index in [1.807, 2.05) is 31.3 Å². The molecule has 30 heavy (non-hydrogen) atoms. The van der Waals surface area contributed by atoms with Crippen LogP contribution < -0.4 is 10.1 Å². The third-order valence-electron chi connectivity index (χ3n) is 5.56. The van der Waals surface area contributed by atoms with Gasteiger partial charge in [-0.25, -0.2) is 8.42 Å². The maximum Gasteiger partial charge on any atom is 0.243 e. The van der Waals surface area contributed by atoms with Gasteiger partial charge in [0, 0.05) is 24.3 Å². The molecule has 1 amide bonds. The van der Waals surface area contributed by atoms with Gasteiger partial charge >= 0.3 is 0 Å². The molecule has 0 atom stereocenters. The number of likely N-dealkylation sites (tertiary alicyclic amines) is 1. The Morgan fingerprint density at radius 2 is 1.77 bits per heavy atom. The fraction of sp³-hybridized carbons (Fsp3) is 0.409. The van der Waals surface area contributed by atoms with E-state index in [1.165, 1.54) is 4.31 Å². The van der Waals surface area contributed by atoms with E-state index >= 15 is 0 Å². The molecule has 3 rings (SSSR count). The summed E-state index contributed by atoms with van der Waals surface area (Å²) in [7, 11) is 1.69. The number of piperidine rings is 1. The number of sulfonamides is 1. The molecule has 162 valence electrons. The van der Waals surface area contributed by atoms with Crippen molar-refractivity contribution in [2.75, 3.05) is 39.6 Å². The first kappa shape index (κ1) is 22.3. The highest BCUT2D eigenvalue weighted by Crippen LogP contribution is 2.24. The third-order valence-corrected chi connectivity index (χ3v) is 7.49. The number of methoxy groups -OCH3 is 1. The van der Waals surface area contributed by atoms with Gasteiger partial charge in [-0.15, -0.1) is 0 Å². The molecule has 1 heterocycles. The number of carbonyl (C=O) groups excluding carboxylic acids is 1. The summed E-state index contributed by atoms with van der Waals surface area (Å²) < 4.78 is 32.7. The van der Waals surface area contributed by atoms with Crippen LogP contribution >= 0.6 is 0 Å². The van der Waals surface area contributed by atoms with E-state index < -0.39 is 10.0 Å². The van der Waals surface area contributed by atoms with Crippen LogP contribution in [0.2, 0.25) is 0 Å². The van der Waals surface area contributed by atoms with Crippen LogP contribution in [0.15, 0.2) is 53.4 Å². The molecule has 0 saturated carbocycles. The Morgan fingerprint density at radius 1 is 1.13 bits per heavy atom. The summed E-state index contributed by atoms with van der Waals surface area (Å²) in [5.74, 6) is 0.463. The number of para-hydroxylation sites is 1. The zero-order chi connectivity index (χ0) is 21.7. The number of benzene rings is 2. The normalized spacial score (nSPS) is 15.9. The topological polar surface area (TPSA) is 78.9 Å². The van der Waals surface area contributed by atoms with Gasteiger partial charge in [0.05, 0.1) is 18.4 Å². The van der Waals surface area contributed by atoms with Gasteiger partial charge in [0.2, 0.25) is 15.9 Å². The van der Waals surface area contributed by atoms with Crippen molar-refractivity contribution < 1.29 is 17.9 Å². The number of carbonyl (C=O) groups is 1. The second kappa shape index (κ2) is 9.59. The van der Waals surface area contributed by atoms with E-state index in [0.717, 1.165) is 31.5 Å². The van der Waals surface area contributed by atoms with Gasteiger partial charge in [0.25, 0.3) is 0 Å². The molecule has 1 N–H and O–H groups in total. The molecule has 1 aliphatic rings. The van der Waals surface area contributed by atoms with E-state index in [2.05, 4.69) is 10.2 Å². The number of rotatable bonds is 7. The number of ether oxygens (including phenoxy) is 1. The van der Waals surface area contributed by atoms with Crippen LogP contribution in [0.3, 0.4) is 0 Å². The number of hydrogen-bond acceptors (Lipinski definition) is 5. The quantitative estimate of drug-likeness (QED) is 0.729. The number of anilines is 1. The SMILES string of the molecule is COc1ccccc1CC(=O)Nc1ccc(S(=O)(=O)N(C)C2CCN(C)CC2)cc1. The van der Waals surface area contributed by atoms with Gasteiger partial charge in [0.15, 0.2) is 0 Å². The lowest BCUT2D eigenvalue weighted by Crippen LogP contribution is -2.44. The largest absolute Gasteiger partial charge is 0.496 e. The Kier molecular flexibility index (Phi) is 7.12. The van der Waals surface area contributed by atoms with Crippen molar-refractivity contribution in [1.82, 2.24) is 9.21 Å². The predicted octanol–water partition coefficient (Wildman–Crippen LogP) is 2.59. The average molecular weight is 432 g/mol. The highest BCUT2D eigenvalue weighted by atomic mass is 32.2. The van der Waals surface area contributed by atoms with Crippen molar-refractivity contribution in [3.63, 3.8) is 0 Å². The van der Waals surface area contributed by atoms with E-state index in [1.54, 1.807) is 38.4 Å². The van der Waals surface area contributed by atoms with Crippen LogP contribution in [0.25, 0.3) is 0 Å². The van der Waals surface area contributed by atoms with Gasteiger partial charge in [-0.3, -0.25) is 4.79 Å². The molecule has 0 bridgehead atoms. The number of nitrogens with one attached hydrogen (secondary N) is 1. The fourth-order valence-corrected chi connectivity index (χ4v) is 5.07. The second-order valence-electron chi connectivity index (χ2n) is 7.62. The summed E-state index contributed by atoms with van der Waals surface area (Å²) in [5, 5.41) is 2.81. The first-order valence-corrected chi connectivity index (χ1v) is 11.4. The standard InChI is InChI=1S/C22H29N3O4S/c1-24-14-12-19(13-15-24)25(2)30(27,28)20-10-8-18(9-11-20)23-22(26)16-17-6-4-5-7-21(17)29-3/h4-11,19H,12-16H2,1-3H3,(H,23,26). The van der Waals surface area contributed by atoms with Gasteiger partial charge in [0.1, 0.15) is 5.75 Å². The monoisotopic (exact) mass is 431 g/mol. The molecule has 2 aromatic carbocycles.